The topological polar surface area (TPSA) is 108 Å². The fourth-order valence-corrected chi connectivity index (χ4v) is 2.17. The van der Waals surface area contributed by atoms with E-state index in [1.807, 2.05) is 31.6 Å². The first-order chi connectivity index (χ1) is 10.4. The Kier molecular flexibility index (Phi) is 4.54. The normalized spacial score (nSPS) is 12.1. The van der Waals surface area contributed by atoms with Crippen LogP contribution in [0.4, 0.5) is 5.69 Å². The number of rotatable bonds is 6. The second-order valence-electron chi connectivity index (χ2n) is 4.97. The summed E-state index contributed by atoms with van der Waals surface area (Å²) in [7, 11) is 0. The zero-order valence-corrected chi connectivity index (χ0v) is 12.7. The Bertz CT molecular complexity index is 690. The summed E-state index contributed by atoms with van der Waals surface area (Å²) in [5.74, 6) is -0.269. The average molecular weight is 306 g/mol. The SMILES string of the molecule is CCn1cc([C@H](C)NC(=O)Cn2cc([N+](=O)[O-])cn2)c(C)n1. The fourth-order valence-electron chi connectivity index (χ4n) is 2.17. The highest BCUT2D eigenvalue weighted by Crippen LogP contribution is 2.16. The largest absolute Gasteiger partial charge is 0.348 e. The van der Waals surface area contributed by atoms with Crippen molar-refractivity contribution in [1.82, 2.24) is 24.9 Å². The molecule has 1 atom stereocenters. The number of amides is 1. The van der Waals surface area contributed by atoms with Crippen molar-refractivity contribution in [2.75, 3.05) is 0 Å². The van der Waals surface area contributed by atoms with Gasteiger partial charge in [0.15, 0.2) is 0 Å². The van der Waals surface area contributed by atoms with Crippen LogP contribution in [0.1, 0.15) is 31.1 Å². The van der Waals surface area contributed by atoms with E-state index in [0.29, 0.717) is 0 Å². The van der Waals surface area contributed by atoms with Crippen molar-refractivity contribution in [2.24, 2.45) is 0 Å². The van der Waals surface area contributed by atoms with Crippen molar-refractivity contribution in [3.8, 4) is 0 Å². The van der Waals surface area contributed by atoms with E-state index in [-0.39, 0.29) is 24.2 Å². The van der Waals surface area contributed by atoms with Crippen LogP contribution in [0, 0.1) is 17.0 Å². The third-order valence-electron chi connectivity index (χ3n) is 3.29. The zero-order valence-electron chi connectivity index (χ0n) is 12.7. The van der Waals surface area contributed by atoms with E-state index in [2.05, 4.69) is 15.5 Å². The molecule has 0 spiro atoms. The number of hydrogen-bond acceptors (Lipinski definition) is 5. The summed E-state index contributed by atoms with van der Waals surface area (Å²) in [6.07, 6.45) is 4.25. The van der Waals surface area contributed by atoms with Crippen molar-refractivity contribution in [3.05, 3.63) is 40.0 Å². The summed E-state index contributed by atoms with van der Waals surface area (Å²) in [5.41, 5.74) is 1.67. The maximum Gasteiger partial charge on any atom is 0.307 e. The molecule has 2 aromatic rings. The predicted molar refractivity (Wildman–Crippen MR) is 78.1 cm³/mol. The van der Waals surface area contributed by atoms with Crippen LogP contribution in [-0.2, 0) is 17.9 Å². The zero-order chi connectivity index (χ0) is 16.3. The lowest BCUT2D eigenvalue weighted by molar-refractivity contribution is -0.385. The lowest BCUT2D eigenvalue weighted by atomic mass is 10.1. The monoisotopic (exact) mass is 306 g/mol. The summed E-state index contributed by atoms with van der Waals surface area (Å²) < 4.78 is 3.05. The fraction of sp³-hybridized carbons (Fsp3) is 0.462. The number of aryl methyl sites for hydroxylation is 2. The molecule has 0 saturated heterocycles. The van der Waals surface area contributed by atoms with Gasteiger partial charge in [-0.25, -0.2) is 0 Å². The van der Waals surface area contributed by atoms with Gasteiger partial charge in [0.25, 0.3) is 0 Å². The minimum absolute atomic E-state index is 0.0703. The molecule has 2 rings (SSSR count). The summed E-state index contributed by atoms with van der Waals surface area (Å²) in [5, 5.41) is 21.5. The molecule has 2 aromatic heterocycles. The third kappa shape index (κ3) is 3.48. The number of aromatic nitrogens is 4. The standard InChI is InChI=1S/C13H18N6O3/c1-4-17-7-12(10(3)16-17)9(2)15-13(20)8-18-6-11(5-14-18)19(21)22/h5-7,9H,4,8H2,1-3H3,(H,15,20)/t9-/m0/s1. The number of nitrogens with zero attached hydrogens (tertiary/aromatic N) is 5. The molecule has 0 aliphatic heterocycles. The molecule has 0 aliphatic carbocycles. The van der Waals surface area contributed by atoms with Crippen LogP contribution < -0.4 is 5.32 Å². The molecule has 0 unspecified atom stereocenters. The minimum Gasteiger partial charge on any atom is -0.348 e. The van der Waals surface area contributed by atoms with Gasteiger partial charge in [0.05, 0.1) is 16.7 Å². The molecule has 0 fully saturated rings. The van der Waals surface area contributed by atoms with E-state index < -0.39 is 4.92 Å². The van der Waals surface area contributed by atoms with Crippen molar-refractivity contribution in [1.29, 1.82) is 0 Å². The van der Waals surface area contributed by atoms with Crippen LogP contribution in [0.3, 0.4) is 0 Å². The summed E-state index contributed by atoms with van der Waals surface area (Å²) in [6.45, 7) is 6.44. The summed E-state index contributed by atoms with van der Waals surface area (Å²) in [6, 6.07) is -0.196. The molecule has 2 heterocycles. The second-order valence-corrected chi connectivity index (χ2v) is 4.97. The van der Waals surface area contributed by atoms with Crippen LogP contribution in [0.2, 0.25) is 0 Å². The minimum atomic E-state index is -0.549. The van der Waals surface area contributed by atoms with E-state index in [4.69, 9.17) is 0 Å². The molecule has 0 saturated carbocycles. The molecule has 9 heteroatoms. The quantitative estimate of drug-likeness (QED) is 0.637. The van der Waals surface area contributed by atoms with Crippen LogP contribution in [0.15, 0.2) is 18.6 Å². The lowest BCUT2D eigenvalue weighted by Gasteiger charge is -2.13. The average Bonchev–Trinajstić information content (AvgIpc) is 3.05. The Balaban J connectivity index is 1.98. The van der Waals surface area contributed by atoms with Gasteiger partial charge in [-0.2, -0.15) is 10.2 Å². The van der Waals surface area contributed by atoms with Crippen molar-refractivity contribution >= 4 is 11.6 Å². The first-order valence-corrected chi connectivity index (χ1v) is 6.90. The number of nitrogens with one attached hydrogen (secondary N) is 1. The maximum atomic E-state index is 12.0. The number of nitro groups is 1. The Morgan fingerprint density at radius 2 is 2.18 bits per heavy atom. The highest BCUT2D eigenvalue weighted by atomic mass is 16.6. The van der Waals surface area contributed by atoms with Crippen LogP contribution in [0.25, 0.3) is 0 Å². The molecule has 0 radical (unpaired) electrons. The molecule has 22 heavy (non-hydrogen) atoms. The molecule has 0 aromatic carbocycles. The molecule has 1 N–H and O–H groups in total. The van der Waals surface area contributed by atoms with Crippen molar-refractivity contribution in [3.63, 3.8) is 0 Å². The highest BCUT2D eigenvalue weighted by molar-refractivity contribution is 5.76. The number of hydrogen-bond donors (Lipinski definition) is 1. The van der Waals surface area contributed by atoms with E-state index in [0.717, 1.165) is 24.0 Å². The van der Waals surface area contributed by atoms with Gasteiger partial charge in [-0.15, -0.1) is 0 Å². The molecular formula is C13H18N6O3. The van der Waals surface area contributed by atoms with Gasteiger partial charge in [-0.3, -0.25) is 24.3 Å². The van der Waals surface area contributed by atoms with Crippen LogP contribution >= 0.6 is 0 Å². The Morgan fingerprint density at radius 1 is 1.45 bits per heavy atom. The van der Waals surface area contributed by atoms with Crippen LogP contribution in [0.5, 0.6) is 0 Å². The molecular weight excluding hydrogens is 288 g/mol. The first-order valence-electron chi connectivity index (χ1n) is 6.90. The molecule has 9 nitrogen and oxygen atoms in total. The van der Waals surface area contributed by atoms with Gasteiger partial charge in [-0.1, -0.05) is 0 Å². The molecule has 118 valence electrons. The van der Waals surface area contributed by atoms with E-state index in [9.17, 15) is 14.9 Å². The van der Waals surface area contributed by atoms with Crippen molar-refractivity contribution in [2.45, 2.75) is 39.9 Å². The Hall–Kier alpha value is -2.71. The second kappa shape index (κ2) is 6.37. The van der Waals surface area contributed by atoms with E-state index >= 15 is 0 Å². The maximum absolute atomic E-state index is 12.0. The molecule has 0 bridgehead atoms. The van der Waals surface area contributed by atoms with Crippen molar-refractivity contribution < 1.29 is 9.72 Å². The lowest BCUT2D eigenvalue weighted by Crippen LogP contribution is -2.30. The molecule has 0 aliphatic rings. The third-order valence-corrected chi connectivity index (χ3v) is 3.29. The number of carbonyl (C=O) groups excluding carboxylic acids is 1. The summed E-state index contributed by atoms with van der Waals surface area (Å²) in [4.78, 5) is 22.0. The van der Waals surface area contributed by atoms with Gasteiger partial charge < -0.3 is 5.32 Å². The Labute approximate surface area is 127 Å². The molecule has 1 amide bonds. The van der Waals surface area contributed by atoms with Gasteiger partial charge in [0.2, 0.25) is 5.91 Å². The van der Waals surface area contributed by atoms with Gasteiger partial charge >= 0.3 is 5.69 Å². The first kappa shape index (κ1) is 15.7. The van der Waals surface area contributed by atoms with Crippen LogP contribution in [-0.4, -0.2) is 30.4 Å². The highest BCUT2D eigenvalue weighted by Gasteiger charge is 2.16. The van der Waals surface area contributed by atoms with E-state index in [1.165, 1.54) is 10.9 Å². The van der Waals surface area contributed by atoms with Gasteiger partial charge in [0.1, 0.15) is 18.9 Å². The Morgan fingerprint density at radius 3 is 2.73 bits per heavy atom. The number of carbonyl (C=O) groups is 1. The van der Waals surface area contributed by atoms with E-state index in [1.54, 1.807) is 0 Å². The smallest absolute Gasteiger partial charge is 0.307 e. The van der Waals surface area contributed by atoms with Gasteiger partial charge in [-0.05, 0) is 20.8 Å². The van der Waals surface area contributed by atoms with Gasteiger partial charge in [0, 0.05) is 18.3 Å². The summed E-state index contributed by atoms with van der Waals surface area (Å²) >= 11 is 0. The predicted octanol–water partition coefficient (Wildman–Crippen LogP) is 1.19.